The molecule has 4 heteroatoms. The topological polar surface area (TPSA) is 15.3 Å². The van der Waals surface area contributed by atoms with Crippen molar-refractivity contribution in [1.82, 2.24) is 4.90 Å². The van der Waals surface area contributed by atoms with E-state index in [1.807, 2.05) is 13.0 Å². The van der Waals surface area contributed by atoms with Gasteiger partial charge < -0.3 is 5.32 Å². The number of halogens is 2. The third-order valence-corrected chi connectivity index (χ3v) is 4.87. The lowest BCUT2D eigenvalue weighted by atomic mass is 10.1. The number of rotatable bonds is 3. The normalized spacial score (nSPS) is 27.8. The first kappa shape index (κ1) is 13.4. The van der Waals surface area contributed by atoms with Crippen molar-refractivity contribution in [2.75, 3.05) is 11.9 Å². The number of nitrogens with zero attached hydrogens (tertiary/aromatic N) is 1. The van der Waals surface area contributed by atoms with E-state index in [4.69, 9.17) is 0 Å². The van der Waals surface area contributed by atoms with E-state index < -0.39 is 0 Å². The first-order valence-corrected chi connectivity index (χ1v) is 7.82. The summed E-state index contributed by atoms with van der Waals surface area (Å²) in [6.07, 6.45) is 3.85. The van der Waals surface area contributed by atoms with Crippen molar-refractivity contribution >= 4 is 21.6 Å². The second kappa shape index (κ2) is 5.06. The molecular weight excluding hydrogens is 307 g/mol. The molecule has 0 radical (unpaired) electrons. The van der Waals surface area contributed by atoms with E-state index in [1.165, 1.54) is 12.8 Å². The van der Waals surface area contributed by atoms with Crippen LogP contribution >= 0.6 is 15.9 Å². The Morgan fingerprint density at radius 1 is 1.37 bits per heavy atom. The van der Waals surface area contributed by atoms with Gasteiger partial charge in [-0.15, -0.1) is 0 Å². The number of hydrogen-bond acceptors (Lipinski definition) is 2. The summed E-state index contributed by atoms with van der Waals surface area (Å²) in [6.45, 7) is 5.40. The minimum atomic E-state index is -0.196. The maximum Gasteiger partial charge on any atom is 0.139 e. The highest BCUT2D eigenvalue weighted by Crippen LogP contribution is 2.34. The summed E-state index contributed by atoms with van der Waals surface area (Å²) in [5, 5.41) is 3.52. The van der Waals surface area contributed by atoms with Crippen LogP contribution in [0.2, 0.25) is 0 Å². The maximum atomic E-state index is 13.6. The predicted octanol–water partition coefficient (Wildman–Crippen LogP) is 3.93. The minimum absolute atomic E-state index is 0.196. The van der Waals surface area contributed by atoms with Gasteiger partial charge in [0.2, 0.25) is 0 Å². The fourth-order valence-corrected chi connectivity index (χ4v) is 3.56. The Kier molecular flexibility index (Phi) is 3.56. The lowest BCUT2D eigenvalue weighted by molar-refractivity contribution is 0.257. The molecule has 2 atom stereocenters. The Balaban J connectivity index is 1.70. The van der Waals surface area contributed by atoms with Gasteiger partial charge in [-0.3, -0.25) is 4.90 Å². The summed E-state index contributed by atoms with van der Waals surface area (Å²) >= 11 is 3.23. The minimum Gasteiger partial charge on any atom is -0.381 e. The van der Waals surface area contributed by atoms with Crippen molar-refractivity contribution in [3.05, 3.63) is 28.0 Å². The average Bonchev–Trinajstić information content (AvgIpc) is 3.11. The first-order valence-electron chi connectivity index (χ1n) is 7.02. The van der Waals surface area contributed by atoms with Crippen LogP contribution in [0.4, 0.5) is 10.1 Å². The lowest BCUT2D eigenvalue weighted by Crippen LogP contribution is -2.31. The summed E-state index contributed by atoms with van der Waals surface area (Å²) in [5.41, 5.74) is 2.02. The van der Waals surface area contributed by atoms with Crippen molar-refractivity contribution in [2.45, 2.75) is 51.2 Å². The molecule has 1 aromatic rings. The highest BCUT2D eigenvalue weighted by Gasteiger charge is 2.38. The molecule has 2 aliphatic rings. The van der Waals surface area contributed by atoms with E-state index in [9.17, 15) is 4.39 Å². The van der Waals surface area contributed by atoms with E-state index in [1.54, 1.807) is 6.07 Å². The predicted molar refractivity (Wildman–Crippen MR) is 80.1 cm³/mol. The highest BCUT2D eigenvalue weighted by atomic mass is 79.9. The van der Waals surface area contributed by atoms with Gasteiger partial charge in [-0.05, 0) is 66.7 Å². The quantitative estimate of drug-likeness (QED) is 0.905. The van der Waals surface area contributed by atoms with Crippen LogP contribution in [-0.4, -0.2) is 29.6 Å². The maximum absolute atomic E-state index is 13.6. The molecular formula is C15H20BrFN2. The largest absolute Gasteiger partial charge is 0.381 e. The second-order valence-electron chi connectivity index (χ2n) is 5.94. The molecule has 1 saturated heterocycles. The smallest absolute Gasteiger partial charge is 0.139 e. The second-order valence-corrected chi connectivity index (χ2v) is 6.79. The van der Waals surface area contributed by atoms with Crippen LogP contribution in [-0.2, 0) is 0 Å². The molecule has 104 valence electrons. The van der Waals surface area contributed by atoms with E-state index in [0.717, 1.165) is 30.3 Å². The molecule has 2 unspecified atom stereocenters. The van der Waals surface area contributed by atoms with Gasteiger partial charge in [-0.2, -0.15) is 0 Å². The zero-order valence-corrected chi connectivity index (χ0v) is 13.0. The molecule has 0 amide bonds. The standard InChI is InChI=1S/C15H20BrFN2/c1-9-5-13(16)14(17)7-15(9)18-11-6-10(2)19(8-11)12-3-4-12/h5,7,10-12,18H,3-4,6,8H2,1-2H3. The van der Waals surface area contributed by atoms with Gasteiger partial charge in [-0.1, -0.05) is 0 Å². The highest BCUT2D eigenvalue weighted by molar-refractivity contribution is 9.10. The molecule has 2 fully saturated rings. The summed E-state index contributed by atoms with van der Waals surface area (Å²) in [7, 11) is 0. The molecule has 1 N–H and O–H groups in total. The molecule has 1 saturated carbocycles. The molecule has 0 aromatic heterocycles. The van der Waals surface area contributed by atoms with Crippen molar-refractivity contribution in [2.24, 2.45) is 0 Å². The molecule has 1 aliphatic carbocycles. The first-order chi connectivity index (χ1) is 9.04. The van der Waals surface area contributed by atoms with Crippen LogP contribution in [0.5, 0.6) is 0 Å². The number of nitrogens with one attached hydrogen (secondary N) is 1. The molecule has 2 nitrogen and oxygen atoms in total. The average molecular weight is 327 g/mol. The molecule has 1 heterocycles. The lowest BCUT2D eigenvalue weighted by Gasteiger charge is -2.20. The summed E-state index contributed by atoms with van der Waals surface area (Å²) < 4.78 is 14.2. The Labute approximate surface area is 122 Å². The van der Waals surface area contributed by atoms with Gasteiger partial charge in [0, 0.05) is 30.4 Å². The zero-order chi connectivity index (χ0) is 13.6. The third-order valence-electron chi connectivity index (χ3n) is 4.27. The fraction of sp³-hybridized carbons (Fsp3) is 0.600. The van der Waals surface area contributed by atoms with Crippen LogP contribution in [0.1, 0.15) is 31.7 Å². The van der Waals surface area contributed by atoms with Crippen LogP contribution in [0, 0.1) is 12.7 Å². The monoisotopic (exact) mass is 326 g/mol. The molecule has 1 aliphatic heterocycles. The van der Waals surface area contributed by atoms with Crippen molar-refractivity contribution in [3.63, 3.8) is 0 Å². The third kappa shape index (κ3) is 2.79. The SMILES string of the molecule is Cc1cc(Br)c(F)cc1NC1CC(C)N(C2CC2)C1. The van der Waals surface area contributed by atoms with Gasteiger partial charge in [0.25, 0.3) is 0 Å². The van der Waals surface area contributed by atoms with Crippen molar-refractivity contribution < 1.29 is 4.39 Å². The Hall–Kier alpha value is -0.610. The van der Waals surface area contributed by atoms with Gasteiger partial charge in [0.15, 0.2) is 0 Å². The van der Waals surface area contributed by atoms with E-state index in [2.05, 4.69) is 33.1 Å². The van der Waals surface area contributed by atoms with Crippen LogP contribution in [0.15, 0.2) is 16.6 Å². The Morgan fingerprint density at radius 2 is 2.11 bits per heavy atom. The molecule has 3 rings (SSSR count). The van der Waals surface area contributed by atoms with Crippen molar-refractivity contribution in [1.29, 1.82) is 0 Å². The van der Waals surface area contributed by atoms with E-state index in [0.29, 0.717) is 16.6 Å². The number of hydrogen-bond donors (Lipinski definition) is 1. The van der Waals surface area contributed by atoms with E-state index >= 15 is 0 Å². The van der Waals surface area contributed by atoms with Gasteiger partial charge in [0.05, 0.1) is 4.47 Å². The number of aryl methyl sites for hydroxylation is 1. The van der Waals surface area contributed by atoms with Gasteiger partial charge >= 0.3 is 0 Å². The van der Waals surface area contributed by atoms with E-state index in [-0.39, 0.29) is 5.82 Å². The van der Waals surface area contributed by atoms with Gasteiger partial charge in [0.1, 0.15) is 5.82 Å². The number of benzene rings is 1. The Bertz CT molecular complexity index is 487. The van der Waals surface area contributed by atoms with Crippen molar-refractivity contribution in [3.8, 4) is 0 Å². The number of anilines is 1. The fourth-order valence-electron chi connectivity index (χ4n) is 3.10. The summed E-state index contributed by atoms with van der Waals surface area (Å²) in [4.78, 5) is 2.60. The summed E-state index contributed by atoms with van der Waals surface area (Å²) in [5.74, 6) is -0.196. The molecule has 0 bridgehead atoms. The molecule has 1 aromatic carbocycles. The Morgan fingerprint density at radius 3 is 2.79 bits per heavy atom. The molecule has 0 spiro atoms. The van der Waals surface area contributed by atoms with Gasteiger partial charge in [-0.25, -0.2) is 4.39 Å². The summed E-state index contributed by atoms with van der Waals surface area (Å²) in [6, 6.07) is 5.34. The van der Waals surface area contributed by atoms with Crippen LogP contribution < -0.4 is 5.32 Å². The zero-order valence-electron chi connectivity index (χ0n) is 11.4. The van der Waals surface area contributed by atoms with Crippen LogP contribution in [0.3, 0.4) is 0 Å². The number of likely N-dealkylation sites (tertiary alicyclic amines) is 1. The molecule has 19 heavy (non-hydrogen) atoms. The van der Waals surface area contributed by atoms with Crippen LogP contribution in [0.25, 0.3) is 0 Å².